The molecule has 0 bridgehead atoms. The maximum absolute atomic E-state index is 6.09. The molecule has 0 saturated carbocycles. The highest BCUT2D eigenvalue weighted by Gasteiger charge is 2.06. The summed E-state index contributed by atoms with van der Waals surface area (Å²) in [5.74, 6) is 14.4. The van der Waals surface area contributed by atoms with Gasteiger partial charge in [-0.1, -0.05) is 12.1 Å². The highest BCUT2D eigenvalue weighted by atomic mass is 32.2. The van der Waals surface area contributed by atoms with E-state index in [2.05, 4.69) is 25.3 Å². The first-order chi connectivity index (χ1) is 17.3. The zero-order valence-corrected chi connectivity index (χ0v) is 25.3. The molecule has 3 nitrogen and oxygen atoms in total. The number of rotatable bonds is 22. The minimum Gasteiger partial charge on any atom is -0.494 e. The average Bonchev–Trinajstić information content (AvgIpc) is 2.88. The molecule has 2 rings (SSSR count). The predicted octanol–water partition coefficient (Wildman–Crippen LogP) is 7.81. The van der Waals surface area contributed by atoms with E-state index in [1.807, 2.05) is 95.6 Å². The second kappa shape index (κ2) is 22.0. The lowest BCUT2D eigenvalue weighted by atomic mass is 10.3. The summed E-state index contributed by atoms with van der Waals surface area (Å²) in [6.07, 6.45) is 2.08. The van der Waals surface area contributed by atoms with Crippen molar-refractivity contribution in [2.24, 2.45) is 0 Å². The third-order valence-corrected chi connectivity index (χ3v) is 10.2. The molecule has 0 heterocycles. The van der Waals surface area contributed by atoms with Crippen LogP contribution < -0.4 is 14.2 Å². The monoisotopic (exact) mass is 590 g/mol. The Morgan fingerprint density at radius 3 is 1.57 bits per heavy atom. The number of para-hydroxylation sites is 2. The molecular formula is C26H38O3S6. The molecule has 0 aliphatic rings. The summed E-state index contributed by atoms with van der Waals surface area (Å²) in [4.78, 5) is 0. The largest absolute Gasteiger partial charge is 0.494 e. The first kappa shape index (κ1) is 31.2. The van der Waals surface area contributed by atoms with Crippen molar-refractivity contribution in [3.63, 3.8) is 0 Å². The minimum absolute atomic E-state index is 0.691. The van der Waals surface area contributed by atoms with Crippen molar-refractivity contribution in [1.29, 1.82) is 0 Å². The van der Waals surface area contributed by atoms with E-state index in [-0.39, 0.29) is 0 Å². The summed E-state index contributed by atoms with van der Waals surface area (Å²) in [7, 11) is 0. The second-order valence-electron chi connectivity index (χ2n) is 7.32. The van der Waals surface area contributed by atoms with Crippen molar-refractivity contribution < 1.29 is 14.2 Å². The van der Waals surface area contributed by atoms with Gasteiger partial charge in [0.1, 0.15) is 11.5 Å². The van der Waals surface area contributed by atoms with Crippen molar-refractivity contribution >= 4 is 72.3 Å². The molecular weight excluding hydrogens is 553 g/mol. The van der Waals surface area contributed by atoms with Crippen LogP contribution in [0.5, 0.6) is 23.0 Å². The van der Waals surface area contributed by atoms with Crippen LogP contribution in [0.2, 0.25) is 0 Å². The van der Waals surface area contributed by atoms with Crippen molar-refractivity contribution in [1.82, 2.24) is 0 Å². The maximum atomic E-state index is 6.09. The lowest BCUT2D eigenvalue weighted by Gasteiger charge is -2.13. The van der Waals surface area contributed by atoms with Gasteiger partial charge >= 0.3 is 0 Å². The van der Waals surface area contributed by atoms with E-state index in [1.54, 1.807) is 0 Å². The van der Waals surface area contributed by atoms with Crippen molar-refractivity contribution in [3.05, 3.63) is 48.5 Å². The van der Waals surface area contributed by atoms with Crippen LogP contribution >= 0.6 is 72.3 Å². The Kier molecular flexibility index (Phi) is 19.6. The fourth-order valence-corrected chi connectivity index (χ4v) is 7.23. The molecule has 0 radical (unpaired) electrons. The molecule has 0 aromatic heterocycles. The number of benzene rings is 2. The molecule has 0 aliphatic carbocycles. The smallest absolute Gasteiger partial charge is 0.169 e. The predicted molar refractivity (Wildman–Crippen MR) is 170 cm³/mol. The van der Waals surface area contributed by atoms with Gasteiger partial charge in [0.25, 0.3) is 0 Å². The molecule has 2 aromatic carbocycles. The number of thioether (sulfide) groups is 4. The van der Waals surface area contributed by atoms with Gasteiger partial charge in [-0.05, 0) is 72.3 Å². The van der Waals surface area contributed by atoms with Gasteiger partial charge in [-0.15, -0.1) is 0 Å². The third kappa shape index (κ3) is 15.7. The van der Waals surface area contributed by atoms with Gasteiger partial charge in [-0.25, -0.2) is 0 Å². The van der Waals surface area contributed by atoms with Crippen molar-refractivity contribution in [2.45, 2.75) is 12.8 Å². The Balaban J connectivity index is 1.62. The second-order valence-corrected chi connectivity index (χ2v) is 13.1. The molecule has 0 amide bonds. The summed E-state index contributed by atoms with van der Waals surface area (Å²) in [5.41, 5.74) is 0. The molecule has 196 valence electrons. The van der Waals surface area contributed by atoms with Crippen LogP contribution in [-0.4, -0.2) is 70.7 Å². The molecule has 0 atom stereocenters. The van der Waals surface area contributed by atoms with Gasteiger partial charge in [0.05, 0.1) is 13.2 Å². The number of thiol groups is 2. The fraction of sp³-hybridized carbons (Fsp3) is 0.538. The molecule has 2 aromatic rings. The quantitative estimate of drug-likeness (QED) is 0.107. The van der Waals surface area contributed by atoms with Crippen LogP contribution in [0.4, 0.5) is 0 Å². The van der Waals surface area contributed by atoms with Gasteiger partial charge in [-0.2, -0.15) is 72.3 Å². The Morgan fingerprint density at radius 2 is 1.00 bits per heavy atom. The summed E-state index contributed by atoms with van der Waals surface area (Å²) in [6, 6.07) is 15.7. The van der Waals surface area contributed by atoms with E-state index >= 15 is 0 Å². The van der Waals surface area contributed by atoms with Crippen LogP contribution in [0.15, 0.2) is 48.5 Å². The number of ether oxygens (including phenoxy) is 3. The maximum Gasteiger partial charge on any atom is 0.169 e. The molecule has 0 aliphatic heterocycles. The molecule has 0 N–H and O–H groups in total. The fourth-order valence-electron chi connectivity index (χ4n) is 2.85. The summed E-state index contributed by atoms with van der Waals surface area (Å²) in [6.45, 7) is 1.43. The summed E-state index contributed by atoms with van der Waals surface area (Å²) >= 11 is 16.4. The average molecular weight is 591 g/mol. The zero-order chi connectivity index (χ0) is 24.8. The molecule has 0 spiro atoms. The Morgan fingerprint density at radius 1 is 0.514 bits per heavy atom. The van der Waals surface area contributed by atoms with Crippen molar-refractivity contribution in [2.75, 3.05) is 70.7 Å². The highest BCUT2D eigenvalue weighted by molar-refractivity contribution is 8.03. The number of hydrogen-bond donors (Lipinski definition) is 2. The molecule has 0 saturated heterocycles. The van der Waals surface area contributed by atoms with Crippen LogP contribution in [-0.2, 0) is 0 Å². The van der Waals surface area contributed by atoms with Crippen LogP contribution in [0.3, 0.4) is 0 Å². The lowest BCUT2D eigenvalue weighted by Crippen LogP contribution is -2.01. The van der Waals surface area contributed by atoms with E-state index in [0.29, 0.717) is 6.61 Å². The van der Waals surface area contributed by atoms with Gasteiger partial charge in [-0.3, -0.25) is 0 Å². The molecule has 35 heavy (non-hydrogen) atoms. The molecule has 0 unspecified atom stereocenters. The van der Waals surface area contributed by atoms with Crippen molar-refractivity contribution in [3.8, 4) is 23.0 Å². The van der Waals surface area contributed by atoms with Crippen LogP contribution in [0.25, 0.3) is 0 Å². The van der Waals surface area contributed by atoms with E-state index in [1.165, 1.54) is 23.0 Å². The van der Waals surface area contributed by atoms with E-state index in [4.69, 9.17) is 14.2 Å². The normalized spacial score (nSPS) is 10.9. The van der Waals surface area contributed by atoms with Crippen LogP contribution in [0.1, 0.15) is 12.8 Å². The minimum atomic E-state index is 0.691. The van der Waals surface area contributed by atoms with E-state index in [0.717, 1.165) is 77.0 Å². The zero-order valence-electron chi connectivity index (χ0n) is 20.3. The summed E-state index contributed by atoms with van der Waals surface area (Å²) in [5, 5.41) is 0. The van der Waals surface area contributed by atoms with E-state index < -0.39 is 0 Å². The SMILES string of the molecule is SCCSCCSCCCOc1ccc(Oc2ccccc2OCCCSCCSCCS)cc1. The summed E-state index contributed by atoms with van der Waals surface area (Å²) < 4.78 is 18.0. The highest BCUT2D eigenvalue weighted by Crippen LogP contribution is 2.32. The Labute approximate surface area is 240 Å². The van der Waals surface area contributed by atoms with Crippen LogP contribution in [0, 0.1) is 0 Å². The van der Waals surface area contributed by atoms with Gasteiger partial charge < -0.3 is 14.2 Å². The molecule has 9 heteroatoms. The lowest BCUT2D eigenvalue weighted by molar-refractivity contribution is 0.303. The Hall–Kier alpha value is -0.0600. The van der Waals surface area contributed by atoms with Gasteiger partial charge in [0, 0.05) is 34.5 Å². The standard InChI is InChI=1S/C26H38O3S6/c30-13-17-34-21-19-32-15-3-11-27-23-7-9-24(10-8-23)29-26-6-2-1-5-25(26)28-12-4-16-33-20-22-35-18-14-31/h1-2,5-10,30-31H,3-4,11-22H2. The third-order valence-electron chi connectivity index (χ3n) is 4.51. The topological polar surface area (TPSA) is 27.7 Å². The number of hydrogen-bond acceptors (Lipinski definition) is 9. The first-order valence-electron chi connectivity index (χ1n) is 12.0. The van der Waals surface area contributed by atoms with E-state index in [9.17, 15) is 0 Å². The Bertz CT molecular complexity index is 763. The van der Waals surface area contributed by atoms with Gasteiger partial charge in [0.2, 0.25) is 0 Å². The van der Waals surface area contributed by atoms with Gasteiger partial charge in [0.15, 0.2) is 11.5 Å². The molecule has 0 fully saturated rings. The first-order valence-corrected chi connectivity index (χ1v) is 17.9.